The molecule has 1 amide bonds. The fraction of sp³-hybridized carbons (Fsp3) is 0.154. The lowest BCUT2D eigenvalue weighted by Crippen LogP contribution is -2.34. The number of carbonyl (C=O) groups is 1. The second kappa shape index (κ2) is 9.48. The van der Waals surface area contributed by atoms with E-state index in [0.29, 0.717) is 28.5 Å². The molecule has 6 nitrogen and oxygen atoms in total. The van der Waals surface area contributed by atoms with E-state index in [-0.39, 0.29) is 11.8 Å². The average molecular weight is 461 g/mol. The predicted octanol–water partition coefficient (Wildman–Crippen LogP) is 5.22. The summed E-state index contributed by atoms with van der Waals surface area (Å²) in [5.74, 6) is 0.0316. The normalized spacial score (nSPS) is 11.8. The second-order valence-corrected chi connectivity index (χ2v) is 8.51. The van der Waals surface area contributed by atoms with Gasteiger partial charge in [-0.2, -0.15) is 0 Å². The van der Waals surface area contributed by atoms with E-state index in [1.807, 2.05) is 79.7 Å². The minimum Gasteiger partial charge on any atom is -0.494 e. The van der Waals surface area contributed by atoms with Crippen LogP contribution in [-0.4, -0.2) is 54.3 Å². The largest absolute Gasteiger partial charge is 0.494 e. The van der Waals surface area contributed by atoms with Crippen LogP contribution in [0.2, 0.25) is 5.02 Å². The van der Waals surface area contributed by atoms with Gasteiger partial charge in [-0.3, -0.25) is 4.79 Å². The molecule has 0 atom stereocenters. The number of likely N-dealkylation sites (N-methyl/N-ethyl adjacent to an activating group) is 2. The summed E-state index contributed by atoms with van der Waals surface area (Å²) in [6, 6.07) is 22.6. The molecule has 33 heavy (non-hydrogen) atoms. The zero-order chi connectivity index (χ0) is 23.5. The summed E-state index contributed by atoms with van der Waals surface area (Å²) in [4.78, 5) is 23.7. The number of hydrogen-bond donors (Lipinski definition) is 2. The Morgan fingerprint density at radius 1 is 1.00 bits per heavy atom. The molecule has 4 aromatic rings. The number of aliphatic imine (C=N–C) groups is 1. The van der Waals surface area contributed by atoms with Gasteiger partial charge in [0.05, 0.1) is 29.0 Å². The van der Waals surface area contributed by atoms with Gasteiger partial charge in [0.25, 0.3) is 0 Å². The maximum absolute atomic E-state index is 12.4. The Bertz CT molecular complexity index is 1310. The van der Waals surface area contributed by atoms with E-state index < -0.39 is 0 Å². The molecule has 0 spiro atoms. The lowest BCUT2D eigenvalue weighted by molar-refractivity contribution is -0.118. The van der Waals surface area contributed by atoms with Crippen molar-refractivity contribution in [2.75, 3.05) is 32.6 Å². The fourth-order valence-electron chi connectivity index (χ4n) is 3.66. The van der Waals surface area contributed by atoms with Crippen molar-refractivity contribution in [3.63, 3.8) is 0 Å². The highest BCUT2D eigenvalue weighted by Crippen LogP contribution is 2.33. The highest BCUT2D eigenvalue weighted by Gasteiger charge is 2.19. The Hall–Kier alpha value is -3.61. The predicted molar refractivity (Wildman–Crippen MR) is 135 cm³/mol. The quantitative estimate of drug-likeness (QED) is 0.387. The van der Waals surface area contributed by atoms with Gasteiger partial charge >= 0.3 is 0 Å². The molecule has 7 heteroatoms. The van der Waals surface area contributed by atoms with Gasteiger partial charge in [-0.05, 0) is 50.5 Å². The molecule has 0 saturated carbocycles. The average Bonchev–Trinajstić information content (AvgIpc) is 3.12. The van der Waals surface area contributed by atoms with Gasteiger partial charge in [0.15, 0.2) is 5.88 Å². The molecule has 0 bridgehead atoms. The van der Waals surface area contributed by atoms with Crippen molar-refractivity contribution in [3.05, 3.63) is 88.9 Å². The lowest BCUT2D eigenvalue weighted by atomic mass is 10.0. The van der Waals surface area contributed by atoms with E-state index in [2.05, 4.69) is 4.98 Å². The summed E-state index contributed by atoms with van der Waals surface area (Å²) >= 11 is 6.13. The molecule has 3 aromatic carbocycles. The summed E-state index contributed by atoms with van der Waals surface area (Å²) < 4.78 is 0. The topological polar surface area (TPSA) is 71.9 Å². The van der Waals surface area contributed by atoms with Gasteiger partial charge in [-0.25, -0.2) is 4.99 Å². The smallest absolute Gasteiger partial charge is 0.240 e. The molecular weight excluding hydrogens is 436 g/mol. The lowest BCUT2D eigenvalue weighted by Gasteiger charge is -2.19. The molecule has 0 unspecified atom stereocenters. The summed E-state index contributed by atoms with van der Waals surface area (Å²) in [6.45, 7) is 0.332. The first-order valence-electron chi connectivity index (χ1n) is 10.5. The maximum Gasteiger partial charge on any atom is 0.240 e. The van der Waals surface area contributed by atoms with Crippen molar-refractivity contribution >= 4 is 45.5 Å². The minimum atomic E-state index is 0.00333. The summed E-state index contributed by atoms with van der Waals surface area (Å²) in [7, 11) is 5.49. The van der Waals surface area contributed by atoms with Crippen LogP contribution < -0.4 is 4.90 Å². The van der Waals surface area contributed by atoms with Crippen LogP contribution in [0.4, 0.5) is 11.4 Å². The molecular formula is C26H25ClN4O2. The molecule has 4 rings (SSSR count). The number of halogens is 1. The fourth-order valence-corrected chi connectivity index (χ4v) is 3.83. The minimum absolute atomic E-state index is 0.00333. The number of hydrogen-bond acceptors (Lipinski definition) is 4. The highest BCUT2D eigenvalue weighted by atomic mass is 35.5. The van der Waals surface area contributed by atoms with Crippen molar-refractivity contribution in [1.82, 2.24) is 9.88 Å². The third-order valence-electron chi connectivity index (χ3n) is 5.33. The number of H-pyrrole nitrogens is 1. The SMILES string of the molecule is CN(C)CC(=O)N(C)c1ccc(N=C(c2ccccc2)c2c(O)[nH]c3cc(Cl)ccc23)cc1. The zero-order valence-corrected chi connectivity index (χ0v) is 19.5. The second-order valence-electron chi connectivity index (χ2n) is 8.07. The molecule has 0 aliphatic rings. The third-order valence-corrected chi connectivity index (χ3v) is 5.56. The number of rotatable bonds is 6. The van der Waals surface area contributed by atoms with Crippen molar-refractivity contribution < 1.29 is 9.90 Å². The molecule has 168 valence electrons. The van der Waals surface area contributed by atoms with Gasteiger partial charge in [-0.15, -0.1) is 0 Å². The van der Waals surface area contributed by atoms with Gasteiger partial charge in [0.2, 0.25) is 5.91 Å². The van der Waals surface area contributed by atoms with Crippen LogP contribution in [0, 0.1) is 0 Å². The monoisotopic (exact) mass is 460 g/mol. The van der Waals surface area contributed by atoms with Gasteiger partial charge in [0, 0.05) is 28.7 Å². The molecule has 0 aliphatic carbocycles. The Kier molecular flexibility index (Phi) is 6.49. The molecule has 0 aliphatic heterocycles. The van der Waals surface area contributed by atoms with Crippen molar-refractivity contribution in [1.29, 1.82) is 0 Å². The van der Waals surface area contributed by atoms with Gasteiger partial charge in [-0.1, -0.05) is 48.0 Å². The number of anilines is 1. The van der Waals surface area contributed by atoms with Gasteiger partial charge < -0.3 is 19.9 Å². The van der Waals surface area contributed by atoms with Crippen molar-refractivity contribution in [2.45, 2.75) is 0 Å². The maximum atomic E-state index is 12.4. The summed E-state index contributed by atoms with van der Waals surface area (Å²) in [5, 5.41) is 12.2. The number of aromatic hydroxyl groups is 1. The molecule has 2 N–H and O–H groups in total. The Labute approximate surface area is 197 Å². The number of carbonyl (C=O) groups excluding carboxylic acids is 1. The zero-order valence-electron chi connectivity index (χ0n) is 18.7. The van der Waals surface area contributed by atoms with E-state index >= 15 is 0 Å². The first-order valence-corrected chi connectivity index (χ1v) is 10.9. The molecule has 0 fully saturated rings. The number of aromatic amines is 1. The van der Waals surface area contributed by atoms with Crippen molar-refractivity contribution in [2.24, 2.45) is 4.99 Å². The van der Waals surface area contributed by atoms with Crippen LogP contribution >= 0.6 is 11.6 Å². The molecule has 0 saturated heterocycles. The van der Waals surface area contributed by atoms with E-state index in [4.69, 9.17) is 16.6 Å². The standard InChI is InChI=1S/C26H25ClN4O2/c1-30(2)16-23(32)31(3)20-12-10-19(11-13-20)28-25(17-7-5-4-6-8-17)24-21-14-9-18(27)15-22(21)29-26(24)33/h4-15,29,33H,16H2,1-3H3. The number of benzene rings is 3. The summed E-state index contributed by atoms with van der Waals surface area (Å²) in [5.41, 5.74) is 4.32. The number of nitrogens with one attached hydrogen (secondary N) is 1. The van der Waals surface area contributed by atoms with E-state index in [1.54, 1.807) is 24.1 Å². The number of amides is 1. The Morgan fingerprint density at radius 3 is 2.36 bits per heavy atom. The van der Waals surface area contributed by atoms with Crippen LogP contribution in [0.15, 0.2) is 77.8 Å². The Balaban J connectivity index is 1.77. The molecule has 0 radical (unpaired) electrons. The van der Waals surface area contributed by atoms with E-state index in [1.165, 1.54) is 0 Å². The van der Waals surface area contributed by atoms with Crippen LogP contribution in [0.3, 0.4) is 0 Å². The number of fused-ring (bicyclic) bond motifs is 1. The molecule has 1 heterocycles. The van der Waals surface area contributed by atoms with Crippen LogP contribution in [-0.2, 0) is 4.79 Å². The molecule has 1 aromatic heterocycles. The van der Waals surface area contributed by atoms with Crippen LogP contribution in [0.25, 0.3) is 10.9 Å². The number of aromatic nitrogens is 1. The van der Waals surface area contributed by atoms with E-state index in [0.717, 1.165) is 22.2 Å². The van der Waals surface area contributed by atoms with E-state index in [9.17, 15) is 9.90 Å². The van der Waals surface area contributed by atoms with Crippen LogP contribution in [0.1, 0.15) is 11.1 Å². The Morgan fingerprint density at radius 2 is 1.70 bits per heavy atom. The third kappa shape index (κ3) is 4.92. The highest BCUT2D eigenvalue weighted by molar-refractivity contribution is 6.31. The van der Waals surface area contributed by atoms with Gasteiger partial charge in [0.1, 0.15) is 0 Å². The first kappa shape index (κ1) is 22.6. The van der Waals surface area contributed by atoms with Crippen molar-refractivity contribution in [3.8, 4) is 5.88 Å². The number of nitrogens with zero attached hydrogens (tertiary/aromatic N) is 3. The first-order chi connectivity index (χ1) is 15.8. The van der Waals surface area contributed by atoms with Crippen LogP contribution in [0.5, 0.6) is 5.88 Å². The summed E-state index contributed by atoms with van der Waals surface area (Å²) in [6.07, 6.45) is 0.